The molecule has 0 atom stereocenters. The van der Waals surface area contributed by atoms with Crippen molar-refractivity contribution in [3.05, 3.63) is 48.6 Å². The van der Waals surface area contributed by atoms with Crippen LogP contribution in [0.3, 0.4) is 0 Å². The van der Waals surface area contributed by atoms with Gasteiger partial charge in [0.05, 0.1) is 35.5 Å². The van der Waals surface area contributed by atoms with Gasteiger partial charge in [0.1, 0.15) is 12.0 Å². The molecule has 8 nitrogen and oxygen atoms in total. The van der Waals surface area contributed by atoms with Gasteiger partial charge >= 0.3 is 0 Å². The number of aromatic nitrogens is 4. The van der Waals surface area contributed by atoms with Crippen molar-refractivity contribution in [1.82, 2.24) is 23.8 Å². The summed E-state index contributed by atoms with van der Waals surface area (Å²) in [7, 11) is -3.48. The van der Waals surface area contributed by atoms with Crippen molar-refractivity contribution in [2.24, 2.45) is 0 Å². The van der Waals surface area contributed by atoms with Gasteiger partial charge < -0.3 is 9.55 Å². The summed E-state index contributed by atoms with van der Waals surface area (Å²) in [4.78, 5) is 11.5. The first-order chi connectivity index (χ1) is 14.7. The zero-order valence-corrected chi connectivity index (χ0v) is 17.1. The van der Waals surface area contributed by atoms with E-state index in [1.165, 1.54) is 21.3 Å². The van der Waals surface area contributed by atoms with Gasteiger partial charge in [0, 0.05) is 41.8 Å². The molecule has 158 valence electrons. The number of benzene rings is 1. The Morgan fingerprint density at radius 2 is 2.00 bits per heavy atom. The van der Waals surface area contributed by atoms with E-state index in [-0.39, 0.29) is 25.0 Å². The molecule has 4 heterocycles. The average Bonchev–Trinajstić information content (AvgIpc) is 3.31. The molecule has 0 spiro atoms. The minimum atomic E-state index is -3.48. The molecule has 4 aromatic rings. The van der Waals surface area contributed by atoms with Crippen LogP contribution in [0.15, 0.2) is 36.9 Å². The normalized spacial score (nSPS) is 16.5. The first kappa shape index (κ1) is 19.6. The summed E-state index contributed by atoms with van der Waals surface area (Å²) < 4.78 is 55.9. The first-order valence-electron chi connectivity index (χ1n) is 9.35. The molecular formula is C20H16F2N6O2S. The van der Waals surface area contributed by atoms with Gasteiger partial charge in [-0.05, 0) is 18.2 Å². The molecule has 0 radical (unpaired) electrons. The molecule has 0 aliphatic carbocycles. The summed E-state index contributed by atoms with van der Waals surface area (Å²) in [5.41, 5.74) is 0.601. The summed E-state index contributed by atoms with van der Waals surface area (Å²) in [5.74, 6) is -2.09. The molecule has 1 aromatic carbocycles. The fourth-order valence-electron chi connectivity index (χ4n) is 4.25. The number of nitriles is 1. The number of nitrogens with one attached hydrogen (secondary N) is 1. The molecule has 0 unspecified atom stereocenters. The molecule has 1 saturated heterocycles. The monoisotopic (exact) mass is 442 g/mol. The Bertz CT molecular complexity index is 1500. The molecule has 1 aliphatic heterocycles. The maximum atomic E-state index is 15.1. The fourth-order valence-corrected chi connectivity index (χ4v) is 5.20. The summed E-state index contributed by atoms with van der Waals surface area (Å²) >= 11 is 0. The number of hydrogen-bond acceptors (Lipinski definition) is 5. The van der Waals surface area contributed by atoms with Gasteiger partial charge in [-0.2, -0.15) is 9.57 Å². The molecule has 1 aliphatic rings. The van der Waals surface area contributed by atoms with E-state index >= 15 is 4.39 Å². The van der Waals surface area contributed by atoms with E-state index < -0.39 is 27.2 Å². The number of fused-ring (bicyclic) bond motifs is 2. The average molecular weight is 442 g/mol. The largest absolute Gasteiger partial charge is 0.346 e. The molecule has 5 rings (SSSR count). The van der Waals surface area contributed by atoms with Gasteiger partial charge in [-0.1, -0.05) is 0 Å². The van der Waals surface area contributed by atoms with Crippen LogP contribution < -0.4 is 0 Å². The molecule has 0 saturated carbocycles. The minimum absolute atomic E-state index is 0.0120. The van der Waals surface area contributed by atoms with Gasteiger partial charge in [0.25, 0.3) is 0 Å². The summed E-state index contributed by atoms with van der Waals surface area (Å²) in [6.07, 6.45) is 5.71. The van der Waals surface area contributed by atoms with E-state index in [9.17, 15) is 18.1 Å². The van der Waals surface area contributed by atoms with Crippen molar-refractivity contribution in [2.45, 2.75) is 12.0 Å². The highest BCUT2D eigenvalue weighted by molar-refractivity contribution is 7.88. The number of hydrogen-bond donors (Lipinski definition) is 1. The lowest BCUT2D eigenvalue weighted by molar-refractivity contribution is 0.0892. The molecule has 3 aromatic heterocycles. The van der Waals surface area contributed by atoms with Crippen LogP contribution in [0.25, 0.3) is 33.2 Å². The number of rotatable bonds is 4. The predicted octanol–water partition coefficient (Wildman–Crippen LogP) is 2.74. The number of halogens is 2. The van der Waals surface area contributed by atoms with Crippen LogP contribution in [0, 0.1) is 23.0 Å². The first-order valence-corrected chi connectivity index (χ1v) is 11.2. The Morgan fingerprint density at radius 3 is 2.71 bits per heavy atom. The van der Waals surface area contributed by atoms with Gasteiger partial charge in [-0.3, -0.25) is 0 Å². The summed E-state index contributed by atoms with van der Waals surface area (Å²) in [5, 5.41) is 10.5. The number of nitrogens with zero attached hydrogens (tertiary/aromatic N) is 5. The fraction of sp³-hybridized carbons (Fsp3) is 0.250. The lowest BCUT2D eigenvalue weighted by Crippen LogP contribution is -2.63. The Labute approximate surface area is 175 Å². The van der Waals surface area contributed by atoms with Crippen molar-refractivity contribution in [3.8, 4) is 17.3 Å². The molecular weight excluding hydrogens is 426 g/mol. The van der Waals surface area contributed by atoms with Crippen LogP contribution in [0.4, 0.5) is 8.78 Å². The van der Waals surface area contributed by atoms with Crippen molar-refractivity contribution in [1.29, 1.82) is 5.26 Å². The highest BCUT2D eigenvalue weighted by atomic mass is 32.2. The highest BCUT2D eigenvalue weighted by Gasteiger charge is 2.49. The Hall–Kier alpha value is -3.36. The number of aromatic amines is 1. The molecule has 11 heteroatoms. The number of H-pyrrole nitrogens is 1. The van der Waals surface area contributed by atoms with E-state index in [1.54, 1.807) is 18.5 Å². The zero-order valence-electron chi connectivity index (χ0n) is 16.3. The van der Waals surface area contributed by atoms with Crippen LogP contribution in [0.2, 0.25) is 0 Å². The SMILES string of the molecule is CS(=O)(=O)N1CC(CC#N)(n2cc(-c3ncnc4[nH]ccc34)c3ccc(F)c(F)c32)C1. The summed E-state index contributed by atoms with van der Waals surface area (Å²) in [6, 6.07) is 6.36. The Kier molecular flexibility index (Phi) is 4.15. The molecule has 0 amide bonds. The second-order valence-electron chi connectivity index (χ2n) is 7.72. The third-order valence-corrected chi connectivity index (χ3v) is 6.99. The van der Waals surface area contributed by atoms with Crippen LogP contribution >= 0.6 is 0 Å². The standard InChI is InChI=1S/C20H16F2N6O2S/c1-31(29,30)27-9-20(10-27,5-6-23)28-8-14(12-2-3-15(21)16(22)18(12)28)17-13-4-7-24-19(13)26-11-25-17/h2-4,7-8,11H,5,9-10H2,1H3,(H,24,25,26). The van der Waals surface area contributed by atoms with Crippen molar-refractivity contribution in [2.75, 3.05) is 19.3 Å². The predicted molar refractivity (Wildman–Crippen MR) is 109 cm³/mol. The molecule has 31 heavy (non-hydrogen) atoms. The van der Waals surface area contributed by atoms with Gasteiger partial charge in [0.2, 0.25) is 10.0 Å². The van der Waals surface area contributed by atoms with Crippen LogP contribution in [-0.2, 0) is 15.6 Å². The van der Waals surface area contributed by atoms with Gasteiger partial charge in [0.15, 0.2) is 11.6 Å². The van der Waals surface area contributed by atoms with Crippen molar-refractivity contribution < 1.29 is 17.2 Å². The number of sulfonamides is 1. The van der Waals surface area contributed by atoms with Crippen LogP contribution in [0.1, 0.15) is 6.42 Å². The van der Waals surface area contributed by atoms with E-state index in [1.807, 2.05) is 0 Å². The lowest BCUT2D eigenvalue weighted by atomic mass is 9.88. The smallest absolute Gasteiger partial charge is 0.211 e. The maximum absolute atomic E-state index is 15.1. The maximum Gasteiger partial charge on any atom is 0.211 e. The van der Waals surface area contributed by atoms with E-state index in [0.29, 0.717) is 27.7 Å². The minimum Gasteiger partial charge on any atom is -0.346 e. The quantitative estimate of drug-likeness (QED) is 0.523. The van der Waals surface area contributed by atoms with Crippen molar-refractivity contribution >= 4 is 32.0 Å². The highest BCUT2D eigenvalue weighted by Crippen LogP contribution is 2.42. The summed E-state index contributed by atoms with van der Waals surface area (Å²) in [6.45, 7) is -0.0240. The van der Waals surface area contributed by atoms with Gasteiger partial charge in [-0.15, -0.1) is 0 Å². The van der Waals surface area contributed by atoms with E-state index in [0.717, 1.165) is 12.3 Å². The topological polar surface area (TPSA) is 108 Å². The zero-order chi connectivity index (χ0) is 22.0. The second-order valence-corrected chi connectivity index (χ2v) is 9.71. The third-order valence-electron chi connectivity index (χ3n) is 5.80. The van der Waals surface area contributed by atoms with Crippen LogP contribution in [0.5, 0.6) is 0 Å². The van der Waals surface area contributed by atoms with E-state index in [4.69, 9.17) is 0 Å². The molecule has 1 N–H and O–H groups in total. The molecule has 1 fully saturated rings. The van der Waals surface area contributed by atoms with E-state index in [2.05, 4.69) is 21.0 Å². The lowest BCUT2D eigenvalue weighted by Gasteiger charge is -2.48. The Balaban J connectivity index is 1.79. The van der Waals surface area contributed by atoms with Crippen LogP contribution in [-0.4, -0.2) is 51.6 Å². The van der Waals surface area contributed by atoms with Crippen molar-refractivity contribution in [3.63, 3.8) is 0 Å². The Morgan fingerprint density at radius 1 is 1.23 bits per heavy atom. The molecule has 0 bridgehead atoms. The van der Waals surface area contributed by atoms with Gasteiger partial charge in [-0.25, -0.2) is 27.2 Å². The second kappa shape index (κ2) is 6.57. The third kappa shape index (κ3) is 2.83.